The molecule has 3 aromatic rings. The predicted molar refractivity (Wildman–Crippen MR) is 132 cm³/mol. The van der Waals surface area contributed by atoms with E-state index in [0.29, 0.717) is 0 Å². The molecule has 0 spiro atoms. The number of rotatable bonds is 4. The normalized spacial score (nSPS) is 19.8. The Hall–Kier alpha value is -2.43. The van der Waals surface area contributed by atoms with Crippen molar-refractivity contribution in [1.29, 1.82) is 0 Å². The zero-order valence-electron chi connectivity index (χ0n) is 19.0. The molecule has 3 aromatic carbocycles. The van der Waals surface area contributed by atoms with Crippen LogP contribution in [-0.4, -0.2) is 25.3 Å². The molecule has 0 amide bonds. The first kappa shape index (κ1) is 20.5. The Bertz CT molecular complexity index is 1060. The van der Waals surface area contributed by atoms with E-state index >= 15 is 0 Å². The molecule has 1 atom stereocenters. The van der Waals surface area contributed by atoms with E-state index in [1.165, 1.54) is 21.9 Å². The quantitative estimate of drug-likeness (QED) is 0.539. The van der Waals surface area contributed by atoms with E-state index in [-0.39, 0.29) is 31.0 Å². The maximum atomic E-state index is 6.53. The number of hydrogen-bond acceptors (Lipinski definition) is 4. The molecule has 6 heteroatoms. The summed E-state index contributed by atoms with van der Waals surface area (Å²) in [6, 6.07) is 21.6. The summed E-state index contributed by atoms with van der Waals surface area (Å²) in [6.07, 6.45) is 0.847. The molecule has 0 radical (unpaired) electrons. The van der Waals surface area contributed by atoms with Gasteiger partial charge in [0, 0.05) is 22.5 Å². The average molecular weight is 412 g/mol. The Morgan fingerprint density at radius 2 is 1.35 bits per heavy atom. The van der Waals surface area contributed by atoms with Crippen LogP contribution < -0.4 is 10.5 Å². The van der Waals surface area contributed by atoms with Crippen LogP contribution in [0.1, 0.15) is 38.8 Å². The van der Waals surface area contributed by atoms with Gasteiger partial charge in [0.05, 0.1) is 11.2 Å². The van der Waals surface area contributed by atoms with Crippen LogP contribution in [0.4, 0.5) is 11.4 Å². The lowest BCUT2D eigenvalue weighted by Gasteiger charge is -2.32. The largest absolute Gasteiger partial charge is 0.457 e. The van der Waals surface area contributed by atoms with E-state index in [9.17, 15) is 0 Å². The standard InChI is InChI=1S/C25H30B2N2O2/c1-17-12-14-18(15-13-17)16-22(27-30-24(2,3)25(4,5)31-27)26-28-20-10-6-8-19-9-7-11-21(29-26)23(19)20/h6-15,22,28-29H,16H2,1-5H3/t22-/m0/s1. The fourth-order valence-electron chi connectivity index (χ4n) is 4.60. The van der Waals surface area contributed by atoms with E-state index in [0.717, 1.165) is 17.8 Å². The summed E-state index contributed by atoms with van der Waals surface area (Å²) in [7, 11) is -0.319. The molecular formula is C25H30B2N2O2. The first-order chi connectivity index (χ1) is 14.7. The molecule has 31 heavy (non-hydrogen) atoms. The van der Waals surface area contributed by atoms with Crippen LogP contribution in [0.5, 0.6) is 0 Å². The number of benzene rings is 3. The van der Waals surface area contributed by atoms with Gasteiger partial charge in [-0.25, -0.2) is 0 Å². The van der Waals surface area contributed by atoms with Crippen LogP contribution in [0, 0.1) is 6.92 Å². The number of aryl methyl sites for hydroxylation is 1. The second-order valence-electron chi connectivity index (χ2n) is 9.95. The van der Waals surface area contributed by atoms with Gasteiger partial charge in [0.25, 0.3) is 0 Å². The molecule has 0 aliphatic carbocycles. The SMILES string of the molecule is Cc1ccc(C[C@@H](B2Nc3cccc4cccc(c34)N2)B2OC(C)(C)C(C)(C)O2)cc1. The van der Waals surface area contributed by atoms with Gasteiger partial charge in [0.1, 0.15) is 0 Å². The molecular weight excluding hydrogens is 382 g/mol. The van der Waals surface area contributed by atoms with Crippen molar-refractivity contribution in [2.45, 2.75) is 58.0 Å². The van der Waals surface area contributed by atoms with Crippen LogP contribution in [0.25, 0.3) is 10.8 Å². The highest BCUT2D eigenvalue weighted by Gasteiger charge is 2.56. The molecule has 4 nitrogen and oxygen atoms in total. The molecule has 2 aliphatic rings. The highest BCUT2D eigenvalue weighted by Crippen LogP contribution is 2.43. The van der Waals surface area contributed by atoms with Crippen molar-refractivity contribution in [3.05, 3.63) is 71.8 Å². The van der Waals surface area contributed by atoms with Crippen molar-refractivity contribution >= 4 is 36.2 Å². The maximum absolute atomic E-state index is 6.53. The monoisotopic (exact) mass is 412 g/mol. The number of hydrogen-bond donors (Lipinski definition) is 2. The van der Waals surface area contributed by atoms with Crippen molar-refractivity contribution in [2.75, 3.05) is 10.5 Å². The minimum Gasteiger partial charge on any atom is -0.409 e. The second kappa shape index (κ2) is 7.32. The summed E-state index contributed by atoms with van der Waals surface area (Å²) in [4.78, 5) is 0. The van der Waals surface area contributed by atoms with Gasteiger partial charge >= 0.3 is 14.1 Å². The summed E-state index contributed by atoms with van der Waals surface area (Å²) in [5.74, 6) is 0. The van der Waals surface area contributed by atoms with Gasteiger partial charge in [-0.3, -0.25) is 0 Å². The topological polar surface area (TPSA) is 42.5 Å². The highest BCUT2D eigenvalue weighted by molar-refractivity contribution is 6.80. The summed E-state index contributed by atoms with van der Waals surface area (Å²) >= 11 is 0. The minimum atomic E-state index is -0.365. The van der Waals surface area contributed by atoms with Crippen LogP contribution in [0.3, 0.4) is 0 Å². The lowest BCUT2D eigenvalue weighted by Crippen LogP contribution is -2.49. The van der Waals surface area contributed by atoms with Gasteiger partial charge in [-0.1, -0.05) is 54.1 Å². The molecule has 0 aromatic heterocycles. The van der Waals surface area contributed by atoms with E-state index in [1.807, 2.05) is 0 Å². The third-order valence-electron chi connectivity index (χ3n) is 7.17. The number of nitrogens with one attached hydrogen (secondary N) is 2. The van der Waals surface area contributed by atoms with E-state index < -0.39 is 0 Å². The Balaban J connectivity index is 1.51. The molecule has 2 N–H and O–H groups in total. The van der Waals surface area contributed by atoms with Crippen LogP contribution >= 0.6 is 0 Å². The zero-order valence-corrected chi connectivity index (χ0v) is 19.0. The van der Waals surface area contributed by atoms with Crippen molar-refractivity contribution < 1.29 is 9.31 Å². The van der Waals surface area contributed by atoms with Crippen LogP contribution in [-0.2, 0) is 15.7 Å². The average Bonchev–Trinajstić information content (AvgIpc) is 2.94. The Labute approximate surface area is 186 Å². The van der Waals surface area contributed by atoms with E-state index in [2.05, 4.69) is 106 Å². The first-order valence-corrected chi connectivity index (χ1v) is 11.2. The molecule has 2 aliphatic heterocycles. The van der Waals surface area contributed by atoms with E-state index in [4.69, 9.17) is 9.31 Å². The van der Waals surface area contributed by atoms with Gasteiger partial charge in [0.2, 0.25) is 0 Å². The molecule has 158 valence electrons. The van der Waals surface area contributed by atoms with Crippen molar-refractivity contribution in [3.63, 3.8) is 0 Å². The molecule has 0 unspecified atom stereocenters. The van der Waals surface area contributed by atoms with Crippen molar-refractivity contribution in [2.24, 2.45) is 0 Å². The summed E-state index contributed by atoms with van der Waals surface area (Å²) in [5, 5.41) is 9.98. The molecule has 5 rings (SSSR count). The number of anilines is 2. The fourth-order valence-corrected chi connectivity index (χ4v) is 4.60. The molecule has 1 fully saturated rings. The third kappa shape index (κ3) is 3.62. The second-order valence-corrected chi connectivity index (χ2v) is 9.95. The lowest BCUT2D eigenvalue weighted by molar-refractivity contribution is 0.00578. The summed E-state index contributed by atoms with van der Waals surface area (Å²) in [5.41, 5.74) is 4.21. The predicted octanol–water partition coefficient (Wildman–Crippen LogP) is 5.72. The molecule has 1 saturated heterocycles. The molecule has 0 saturated carbocycles. The molecule has 0 bridgehead atoms. The Morgan fingerprint density at radius 1 is 0.806 bits per heavy atom. The third-order valence-corrected chi connectivity index (χ3v) is 7.17. The smallest absolute Gasteiger partial charge is 0.409 e. The highest BCUT2D eigenvalue weighted by atomic mass is 16.7. The first-order valence-electron chi connectivity index (χ1n) is 11.2. The van der Waals surface area contributed by atoms with Gasteiger partial charge < -0.3 is 19.8 Å². The van der Waals surface area contributed by atoms with Crippen LogP contribution in [0.2, 0.25) is 5.72 Å². The van der Waals surface area contributed by atoms with Gasteiger partial charge in [-0.2, -0.15) is 0 Å². The van der Waals surface area contributed by atoms with Gasteiger partial charge in [-0.15, -0.1) is 0 Å². The Kier molecular flexibility index (Phi) is 4.83. The van der Waals surface area contributed by atoms with Crippen molar-refractivity contribution in [3.8, 4) is 0 Å². The Morgan fingerprint density at radius 3 is 1.90 bits per heavy atom. The minimum absolute atomic E-state index is 0.0171. The zero-order chi connectivity index (χ0) is 21.8. The van der Waals surface area contributed by atoms with Crippen LogP contribution in [0.15, 0.2) is 60.7 Å². The maximum Gasteiger partial charge on any atom is 0.457 e. The van der Waals surface area contributed by atoms with E-state index in [1.54, 1.807) is 0 Å². The van der Waals surface area contributed by atoms with Crippen molar-refractivity contribution in [1.82, 2.24) is 0 Å². The molecule has 2 heterocycles. The summed E-state index contributed by atoms with van der Waals surface area (Å²) in [6.45, 7) is 10.6. The lowest BCUT2D eigenvalue weighted by atomic mass is 9.44. The van der Waals surface area contributed by atoms with Gasteiger partial charge in [0.15, 0.2) is 0 Å². The van der Waals surface area contributed by atoms with Gasteiger partial charge in [-0.05, 0) is 64.1 Å². The summed E-state index contributed by atoms with van der Waals surface area (Å²) < 4.78 is 13.1. The fraction of sp³-hybridized carbons (Fsp3) is 0.360.